The second kappa shape index (κ2) is 11.3. The lowest BCUT2D eigenvalue weighted by molar-refractivity contribution is -0.136. The number of phenols is 1. The van der Waals surface area contributed by atoms with Crippen LogP contribution in [-0.2, 0) is 14.3 Å². The molecule has 1 aromatic rings. The summed E-state index contributed by atoms with van der Waals surface area (Å²) in [4.78, 5) is 39.9. The Kier molecular flexibility index (Phi) is 8.44. The molecular weight excluding hydrogens is 420 g/mol. The van der Waals surface area contributed by atoms with Crippen molar-refractivity contribution in [3.05, 3.63) is 41.5 Å². The summed E-state index contributed by atoms with van der Waals surface area (Å²) in [5.74, 6) is -2.56. The average Bonchev–Trinajstić information content (AvgIpc) is 3.29. The van der Waals surface area contributed by atoms with Crippen molar-refractivity contribution in [3.8, 4) is 5.75 Å². The molecule has 1 aromatic carbocycles. The van der Waals surface area contributed by atoms with Gasteiger partial charge in [-0.1, -0.05) is 32.1 Å². The number of fused-ring (bicyclic) bond motifs is 1. The lowest BCUT2D eigenvalue weighted by Crippen LogP contribution is -2.26. The van der Waals surface area contributed by atoms with Gasteiger partial charge in [0.15, 0.2) is 0 Å². The summed E-state index contributed by atoms with van der Waals surface area (Å²) in [6, 6.07) is 3.34. The van der Waals surface area contributed by atoms with E-state index in [4.69, 9.17) is 4.74 Å². The molecule has 0 amide bonds. The molecule has 2 aliphatic rings. The fraction of sp³-hybridized carbons (Fsp3) is 0.500. The van der Waals surface area contributed by atoms with E-state index in [9.17, 15) is 19.5 Å². The van der Waals surface area contributed by atoms with Crippen LogP contribution in [0.15, 0.2) is 30.4 Å². The van der Waals surface area contributed by atoms with Gasteiger partial charge in [0.2, 0.25) is 11.6 Å². The number of rotatable bonds is 4. The summed E-state index contributed by atoms with van der Waals surface area (Å²) in [7, 11) is 0. The van der Waals surface area contributed by atoms with Crippen LogP contribution in [0.3, 0.4) is 0 Å². The summed E-state index contributed by atoms with van der Waals surface area (Å²) < 4.78 is 5.58. The molecule has 2 N–H and O–H groups in total. The molecule has 1 fully saturated rings. The Labute approximate surface area is 195 Å². The molecule has 2 aliphatic heterocycles. The predicted molar refractivity (Wildman–Crippen MR) is 128 cm³/mol. The number of ether oxygens (including phenoxy) is 1. The predicted octanol–water partition coefficient (Wildman–Crippen LogP) is 3.83. The third-order valence-electron chi connectivity index (χ3n) is 6.37. The SMILES string of the molecule is C[C@@H]1/C=C\C(=O)C(=O)[C@@H](C)C/C=C/c2cc(NCCN3CCCC3)cc(O)c2C(=O)O[C@H]1C. The van der Waals surface area contributed by atoms with Gasteiger partial charge < -0.3 is 20.1 Å². The number of esters is 1. The Morgan fingerprint density at radius 1 is 1.09 bits per heavy atom. The van der Waals surface area contributed by atoms with Crippen molar-refractivity contribution in [1.29, 1.82) is 0 Å². The third-order valence-corrected chi connectivity index (χ3v) is 6.37. The molecule has 0 saturated carbocycles. The van der Waals surface area contributed by atoms with Crippen molar-refractivity contribution in [1.82, 2.24) is 4.90 Å². The zero-order valence-electron chi connectivity index (χ0n) is 19.7. The zero-order chi connectivity index (χ0) is 24.0. The Hall–Kier alpha value is -2.93. The first-order chi connectivity index (χ1) is 15.8. The van der Waals surface area contributed by atoms with Gasteiger partial charge in [0.05, 0.1) is 0 Å². The Morgan fingerprint density at radius 2 is 1.82 bits per heavy atom. The number of cyclic esters (lactones) is 1. The minimum Gasteiger partial charge on any atom is -0.507 e. The van der Waals surface area contributed by atoms with Crippen LogP contribution in [0.5, 0.6) is 5.75 Å². The van der Waals surface area contributed by atoms with Crippen LogP contribution in [0, 0.1) is 11.8 Å². The van der Waals surface area contributed by atoms with Gasteiger partial charge in [0.1, 0.15) is 17.4 Å². The molecule has 178 valence electrons. The monoisotopic (exact) mass is 454 g/mol. The van der Waals surface area contributed by atoms with E-state index in [2.05, 4.69) is 10.2 Å². The van der Waals surface area contributed by atoms with Gasteiger partial charge in [-0.25, -0.2) is 4.79 Å². The van der Waals surface area contributed by atoms with Crippen molar-refractivity contribution in [2.75, 3.05) is 31.5 Å². The number of benzene rings is 1. The molecule has 0 radical (unpaired) electrons. The number of carbonyl (C=O) groups excluding carboxylic acids is 3. The average molecular weight is 455 g/mol. The van der Waals surface area contributed by atoms with E-state index < -0.39 is 29.6 Å². The maximum absolute atomic E-state index is 12.9. The van der Waals surface area contributed by atoms with Crippen molar-refractivity contribution in [2.45, 2.75) is 46.1 Å². The topological polar surface area (TPSA) is 95.9 Å². The van der Waals surface area contributed by atoms with Crippen molar-refractivity contribution in [3.63, 3.8) is 0 Å². The van der Waals surface area contributed by atoms with Gasteiger partial charge in [0, 0.05) is 36.7 Å². The standard InChI is InChI=1S/C26H34N2O5/c1-17-9-10-22(29)25(31)18(2)7-6-8-20-15-21(27-11-14-28-12-4-5-13-28)16-23(30)24(20)26(32)33-19(17)3/h6,8-10,15-19,27,30H,4-5,7,11-14H2,1-3H3/b8-6+,10-9-/t17-,18+,19+/m1/s1. The highest BCUT2D eigenvalue weighted by Gasteiger charge is 2.24. The molecule has 33 heavy (non-hydrogen) atoms. The van der Waals surface area contributed by atoms with E-state index in [1.54, 1.807) is 51.1 Å². The molecule has 0 bridgehead atoms. The summed E-state index contributed by atoms with van der Waals surface area (Å²) in [5.41, 5.74) is 1.29. The maximum atomic E-state index is 12.9. The van der Waals surface area contributed by atoms with E-state index in [1.807, 2.05) is 0 Å². The number of anilines is 1. The van der Waals surface area contributed by atoms with Crippen molar-refractivity contribution < 1.29 is 24.2 Å². The van der Waals surface area contributed by atoms with Gasteiger partial charge >= 0.3 is 5.97 Å². The molecule has 3 rings (SSSR count). The number of likely N-dealkylation sites (tertiary alicyclic amines) is 1. The van der Waals surface area contributed by atoms with Crippen molar-refractivity contribution in [2.24, 2.45) is 11.8 Å². The summed E-state index contributed by atoms with van der Waals surface area (Å²) >= 11 is 0. The molecule has 7 nitrogen and oxygen atoms in total. The molecular formula is C26H34N2O5. The summed E-state index contributed by atoms with van der Waals surface area (Å²) in [6.45, 7) is 9.07. The first kappa shape index (κ1) is 24.7. The van der Waals surface area contributed by atoms with E-state index in [0.29, 0.717) is 17.7 Å². The molecule has 7 heteroatoms. The number of Topliss-reactive ketones (excluding diaryl/α,β-unsaturated/α-hetero) is 1. The molecule has 0 unspecified atom stereocenters. The van der Waals surface area contributed by atoms with Crippen molar-refractivity contribution >= 4 is 29.3 Å². The molecule has 3 atom stereocenters. The lowest BCUT2D eigenvalue weighted by Gasteiger charge is -2.20. The number of carbonyl (C=O) groups is 3. The number of phenolic OH excluding ortho intramolecular Hbond substituents is 1. The first-order valence-electron chi connectivity index (χ1n) is 11.7. The quantitative estimate of drug-likeness (QED) is 0.527. The van der Waals surface area contributed by atoms with Crippen LogP contribution in [0.25, 0.3) is 6.08 Å². The number of allylic oxidation sites excluding steroid dienone is 2. The highest BCUT2D eigenvalue weighted by atomic mass is 16.5. The smallest absolute Gasteiger partial charge is 0.342 e. The maximum Gasteiger partial charge on any atom is 0.342 e. The number of ketones is 2. The Balaban J connectivity index is 1.87. The van der Waals surface area contributed by atoms with Crippen LogP contribution < -0.4 is 5.32 Å². The lowest BCUT2D eigenvalue weighted by atomic mass is 9.96. The van der Waals surface area contributed by atoms with E-state index in [-0.39, 0.29) is 17.2 Å². The molecule has 0 spiro atoms. The number of aromatic hydroxyl groups is 1. The van der Waals surface area contributed by atoms with Gasteiger partial charge in [-0.2, -0.15) is 0 Å². The number of hydrogen-bond acceptors (Lipinski definition) is 7. The highest BCUT2D eigenvalue weighted by Crippen LogP contribution is 2.30. The fourth-order valence-electron chi connectivity index (χ4n) is 4.03. The summed E-state index contributed by atoms with van der Waals surface area (Å²) in [5, 5.41) is 14.0. The van der Waals surface area contributed by atoms with Crippen LogP contribution in [0.1, 0.15) is 56.0 Å². The Morgan fingerprint density at radius 3 is 2.55 bits per heavy atom. The first-order valence-corrected chi connectivity index (χ1v) is 11.7. The molecule has 2 heterocycles. The van der Waals surface area contributed by atoms with Crippen LogP contribution in [0.4, 0.5) is 5.69 Å². The second-order valence-electron chi connectivity index (χ2n) is 9.03. The minimum absolute atomic E-state index is 0.0893. The summed E-state index contributed by atoms with van der Waals surface area (Å²) in [6.07, 6.45) is 8.54. The van der Waals surface area contributed by atoms with Gasteiger partial charge in [-0.05, 0) is 57.0 Å². The van der Waals surface area contributed by atoms with Gasteiger partial charge in [-0.15, -0.1) is 0 Å². The second-order valence-corrected chi connectivity index (χ2v) is 9.03. The van der Waals surface area contributed by atoms with Crippen LogP contribution >= 0.6 is 0 Å². The Bertz CT molecular complexity index is 946. The zero-order valence-corrected chi connectivity index (χ0v) is 19.7. The van der Waals surface area contributed by atoms with Gasteiger partial charge in [0.25, 0.3) is 0 Å². The fourth-order valence-corrected chi connectivity index (χ4v) is 4.03. The van der Waals surface area contributed by atoms with E-state index in [1.165, 1.54) is 18.9 Å². The number of hydrogen-bond donors (Lipinski definition) is 2. The number of nitrogens with zero attached hydrogens (tertiary/aromatic N) is 1. The van der Waals surface area contributed by atoms with E-state index in [0.717, 1.165) is 26.2 Å². The normalized spacial score (nSPS) is 26.9. The molecule has 0 aromatic heterocycles. The minimum atomic E-state index is -0.629. The highest BCUT2D eigenvalue weighted by molar-refractivity contribution is 6.42. The molecule has 1 saturated heterocycles. The van der Waals surface area contributed by atoms with Crippen LogP contribution in [0.2, 0.25) is 0 Å². The number of nitrogens with one attached hydrogen (secondary N) is 1. The van der Waals surface area contributed by atoms with Gasteiger partial charge in [-0.3, -0.25) is 9.59 Å². The third kappa shape index (κ3) is 6.54. The van der Waals surface area contributed by atoms with Crippen LogP contribution in [-0.4, -0.2) is 59.8 Å². The van der Waals surface area contributed by atoms with E-state index >= 15 is 0 Å². The largest absolute Gasteiger partial charge is 0.507 e. The molecule has 0 aliphatic carbocycles.